The Morgan fingerprint density at radius 3 is 2.88 bits per heavy atom. The zero-order valence-electron chi connectivity index (χ0n) is 9.22. The first-order valence-corrected chi connectivity index (χ1v) is 5.07. The molecule has 0 spiro atoms. The lowest BCUT2D eigenvalue weighted by molar-refractivity contribution is 0.0695. The normalized spacial score (nSPS) is 10.5. The van der Waals surface area contributed by atoms with Gasteiger partial charge < -0.3 is 9.67 Å². The molecule has 0 aliphatic rings. The number of nitrogens with zero attached hydrogens (tertiary/aromatic N) is 2. The molecule has 1 N–H and O–H groups in total. The molecule has 1 aromatic heterocycles. The molecule has 2 rings (SSSR count). The van der Waals surface area contributed by atoms with Crippen LogP contribution in [0, 0.1) is 12.7 Å². The van der Waals surface area contributed by atoms with E-state index in [2.05, 4.69) is 4.98 Å². The fourth-order valence-electron chi connectivity index (χ4n) is 1.66. The van der Waals surface area contributed by atoms with Crippen molar-refractivity contribution in [1.29, 1.82) is 0 Å². The average Bonchev–Trinajstić information content (AvgIpc) is 2.64. The number of aromatic nitrogens is 2. The highest BCUT2D eigenvalue weighted by Crippen LogP contribution is 2.14. The minimum atomic E-state index is -1.06. The van der Waals surface area contributed by atoms with Crippen LogP contribution in [0.2, 0.25) is 0 Å². The Hall–Kier alpha value is -2.17. The molecule has 0 radical (unpaired) electrons. The summed E-state index contributed by atoms with van der Waals surface area (Å²) in [5, 5.41) is 9.01. The lowest BCUT2D eigenvalue weighted by Gasteiger charge is -2.08. The third-order valence-corrected chi connectivity index (χ3v) is 2.56. The molecule has 0 unspecified atom stereocenters. The van der Waals surface area contributed by atoms with E-state index in [1.54, 1.807) is 23.9 Å². The summed E-state index contributed by atoms with van der Waals surface area (Å²) in [4.78, 5) is 15.0. The standard InChI is InChI=1S/C12H11FN2O2/c1-8-14-4-5-15(8)7-9-6-10(13)2-3-11(9)12(16)17/h2-6H,7H2,1H3,(H,16,17). The van der Waals surface area contributed by atoms with E-state index in [0.29, 0.717) is 12.1 Å². The SMILES string of the molecule is Cc1nccn1Cc1cc(F)ccc1C(=O)O. The number of aryl methyl sites for hydroxylation is 1. The fraction of sp³-hybridized carbons (Fsp3) is 0.167. The van der Waals surface area contributed by atoms with Gasteiger partial charge in [0.05, 0.1) is 5.56 Å². The lowest BCUT2D eigenvalue weighted by atomic mass is 10.1. The summed E-state index contributed by atoms with van der Waals surface area (Å²) in [5.74, 6) is -0.744. The molecule has 0 aliphatic carbocycles. The van der Waals surface area contributed by atoms with Gasteiger partial charge in [-0.2, -0.15) is 0 Å². The Kier molecular flexibility index (Phi) is 2.91. The number of halogens is 1. The summed E-state index contributed by atoms with van der Waals surface area (Å²) in [7, 11) is 0. The van der Waals surface area contributed by atoms with E-state index in [-0.39, 0.29) is 5.56 Å². The number of carbonyl (C=O) groups is 1. The Morgan fingerprint density at radius 1 is 1.53 bits per heavy atom. The maximum absolute atomic E-state index is 13.1. The Morgan fingerprint density at radius 2 is 2.29 bits per heavy atom. The van der Waals surface area contributed by atoms with Gasteiger partial charge in [0.25, 0.3) is 0 Å². The van der Waals surface area contributed by atoms with E-state index in [1.807, 2.05) is 0 Å². The Balaban J connectivity index is 2.41. The highest BCUT2D eigenvalue weighted by Gasteiger charge is 2.11. The second-order valence-electron chi connectivity index (χ2n) is 3.71. The second-order valence-corrected chi connectivity index (χ2v) is 3.71. The molecule has 0 saturated heterocycles. The maximum atomic E-state index is 13.1. The van der Waals surface area contributed by atoms with Crippen molar-refractivity contribution in [2.24, 2.45) is 0 Å². The summed E-state index contributed by atoms with van der Waals surface area (Å²) < 4.78 is 14.9. The molecule has 5 heteroatoms. The number of aromatic carboxylic acids is 1. The minimum Gasteiger partial charge on any atom is -0.478 e. The summed E-state index contributed by atoms with van der Waals surface area (Å²) in [6.07, 6.45) is 3.35. The summed E-state index contributed by atoms with van der Waals surface area (Å²) >= 11 is 0. The van der Waals surface area contributed by atoms with Crippen LogP contribution in [0.3, 0.4) is 0 Å². The molecule has 0 amide bonds. The number of carboxylic acid groups (broad SMARTS) is 1. The molecule has 1 aromatic carbocycles. The average molecular weight is 234 g/mol. The van der Waals surface area contributed by atoms with Crippen LogP contribution >= 0.6 is 0 Å². The van der Waals surface area contributed by atoms with Crippen LogP contribution in [0.15, 0.2) is 30.6 Å². The molecule has 1 heterocycles. The first kappa shape index (κ1) is 11.3. The smallest absolute Gasteiger partial charge is 0.336 e. The van der Waals surface area contributed by atoms with Gasteiger partial charge >= 0.3 is 5.97 Å². The van der Waals surface area contributed by atoms with Gasteiger partial charge in [-0.25, -0.2) is 14.2 Å². The van der Waals surface area contributed by atoms with Gasteiger partial charge in [-0.1, -0.05) is 0 Å². The van der Waals surface area contributed by atoms with Gasteiger partial charge in [0.2, 0.25) is 0 Å². The summed E-state index contributed by atoms with van der Waals surface area (Å²) in [6.45, 7) is 2.10. The van der Waals surface area contributed by atoms with Crippen molar-refractivity contribution in [3.63, 3.8) is 0 Å². The van der Waals surface area contributed by atoms with Crippen LogP contribution in [-0.2, 0) is 6.54 Å². The van der Waals surface area contributed by atoms with Crippen LogP contribution in [0.1, 0.15) is 21.7 Å². The molecule has 4 nitrogen and oxygen atoms in total. The number of hydrogen-bond donors (Lipinski definition) is 1. The molecule has 2 aromatic rings. The predicted octanol–water partition coefficient (Wildman–Crippen LogP) is 2.08. The van der Waals surface area contributed by atoms with Crippen LogP contribution < -0.4 is 0 Å². The second kappa shape index (κ2) is 4.37. The van der Waals surface area contributed by atoms with Gasteiger partial charge in [-0.05, 0) is 30.7 Å². The van der Waals surface area contributed by atoms with Gasteiger partial charge in [0, 0.05) is 18.9 Å². The van der Waals surface area contributed by atoms with Crippen LogP contribution in [0.4, 0.5) is 4.39 Å². The first-order valence-electron chi connectivity index (χ1n) is 5.07. The highest BCUT2D eigenvalue weighted by molar-refractivity contribution is 5.89. The van der Waals surface area contributed by atoms with E-state index in [1.165, 1.54) is 12.1 Å². The van der Waals surface area contributed by atoms with Gasteiger partial charge in [0.1, 0.15) is 11.6 Å². The van der Waals surface area contributed by atoms with E-state index < -0.39 is 11.8 Å². The predicted molar refractivity (Wildman–Crippen MR) is 59.4 cm³/mol. The van der Waals surface area contributed by atoms with E-state index in [4.69, 9.17) is 5.11 Å². The maximum Gasteiger partial charge on any atom is 0.336 e. The lowest BCUT2D eigenvalue weighted by Crippen LogP contribution is -2.08. The van der Waals surface area contributed by atoms with Crippen LogP contribution in [0.5, 0.6) is 0 Å². The largest absolute Gasteiger partial charge is 0.478 e. The Labute approximate surface area is 97.3 Å². The number of rotatable bonds is 3. The number of carboxylic acids is 1. The van der Waals surface area contributed by atoms with Gasteiger partial charge in [-0.15, -0.1) is 0 Å². The van der Waals surface area contributed by atoms with Crippen molar-refractivity contribution < 1.29 is 14.3 Å². The minimum absolute atomic E-state index is 0.111. The van der Waals surface area contributed by atoms with Crippen molar-refractivity contribution in [2.75, 3.05) is 0 Å². The van der Waals surface area contributed by atoms with Crippen LogP contribution in [0.25, 0.3) is 0 Å². The number of imidazole rings is 1. The zero-order chi connectivity index (χ0) is 12.4. The molecular weight excluding hydrogens is 223 g/mol. The van der Waals surface area contributed by atoms with Crippen molar-refractivity contribution in [3.05, 3.63) is 53.4 Å². The van der Waals surface area contributed by atoms with E-state index in [9.17, 15) is 9.18 Å². The molecule has 88 valence electrons. The molecule has 0 saturated carbocycles. The van der Waals surface area contributed by atoms with E-state index >= 15 is 0 Å². The number of benzene rings is 1. The van der Waals surface area contributed by atoms with Crippen LogP contribution in [-0.4, -0.2) is 20.6 Å². The topological polar surface area (TPSA) is 55.1 Å². The summed E-state index contributed by atoms with van der Waals surface area (Å²) in [5.41, 5.74) is 0.540. The van der Waals surface area contributed by atoms with Crippen molar-refractivity contribution in [1.82, 2.24) is 9.55 Å². The first-order chi connectivity index (χ1) is 8.08. The van der Waals surface area contributed by atoms with Gasteiger partial charge in [-0.3, -0.25) is 0 Å². The summed E-state index contributed by atoms with van der Waals surface area (Å²) in [6, 6.07) is 3.66. The van der Waals surface area contributed by atoms with Crippen molar-refractivity contribution in [2.45, 2.75) is 13.5 Å². The molecule has 0 bridgehead atoms. The van der Waals surface area contributed by atoms with Crippen molar-refractivity contribution in [3.8, 4) is 0 Å². The van der Waals surface area contributed by atoms with Gasteiger partial charge in [0.15, 0.2) is 0 Å². The quantitative estimate of drug-likeness (QED) is 0.884. The van der Waals surface area contributed by atoms with Crippen molar-refractivity contribution >= 4 is 5.97 Å². The monoisotopic (exact) mass is 234 g/mol. The zero-order valence-corrected chi connectivity index (χ0v) is 9.22. The third-order valence-electron chi connectivity index (χ3n) is 2.56. The molecule has 0 aliphatic heterocycles. The fourth-order valence-corrected chi connectivity index (χ4v) is 1.66. The Bertz CT molecular complexity index is 563. The molecule has 0 fully saturated rings. The highest BCUT2D eigenvalue weighted by atomic mass is 19.1. The number of hydrogen-bond acceptors (Lipinski definition) is 2. The third kappa shape index (κ3) is 2.33. The molecule has 17 heavy (non-hydrogen) atoms. The molecule has 0 atom stereocenters. The molecular formula is C12H11FN2O2. The van der Waals surface area contributed by atoms with E-state index in [0.717, 1.165) is 11.9 Å².